The first-order valence-corrected chi connectivity index (χ1v) is 5.12. The number of carbonyl (C=O) groups is 1. The molecular weight excluding hydrogens is 220 g/mol. The summed E-state index contributed by atoms with van der Waals surface area (Å²) < 4.78 is 5.08. The van der Waals surface area contributed by atoms with Crippen LogP contribution < -0.4 is 5.32 Å². The number of hydrogen-bond acceptors (Lipinski definition) is 4. The van der Waals surface area contributed by atoms with Gasteiger partial charge in [-0.25, -0.2) is 9.78 Å². The average Bonchev–Trinajstić information content (AvgIpc) is 2.80. The molecule has 0 aliphatic carbocycles. The maximum Gasteiger partial charge on any atom is 0.336 e. The lowest BCUT2D eigenvalue weighted by Gasteiger charge is -2.09. The van der Waals surface area contributed by atoms with Gasteiger partial charge in [0.2, 0.25) is 0 Å². The van der Waals surface area contributed by atoms with Crippen molar-refractivity contribution in [3.63, 3.8) is 0 Å². The Hall–Kier alpha value is -2.30. The van der Waals surface area contributed by atoms with Gasteiger partial charge < -0.3 is 14.8 Å². The third-order valence-electron chi connectivity index (χ3n) is 2.50. The van der Waals surface area contributed by atoms with Crippen LogP contribution in [0.3, 0.4) is 0 Å². The van der Waals surface area contributed by atoms with Crippen LogP contribution in [0.25, 0.3) is 0 Å². The van der Waals surface area contributed by atoms with Crippen molar-refractivity contribution in [3.8, 4) is 0 Å². The third kappa shape index (κ3) is 2.44. The monoisotopic (exact) mass is 232 g/mol. The first-order chi connectivity index (χ1) is 8.18. The fourth-order valence-electron chi connectivity index (χ4n) is 1.57. The number of anilines is 1. The van der Waals surface area contributed by atoms with E-state index in [-0.39, 0.29) is 0 Å². The molecule has 1 aromatic heterocycles. The number of nitrogens with zero attached hydrogens (tertiary/aromatic N) is 1. The maximum absolute atomic E-state index is 11.0. The maximum atomic E-state index is 11.0. The van der Waals surface area contributed by atoms with Crippen LogP contribution in [0, 0.1) is 6.92 Å². The Labute approximate surface area is 98.1 Å². The Morgan fingerprint density at radius 2 is 2.35 bits per heavy atom. The van der Waals surface area contributed by atoms with E-state index < -0.39 is 5.97 Å². The van der Waals surface area contributed by atoms with Crippen molar-refractivity contribution in [2.75, 3.05) is 5.32 Å². The second kappa shape index (κ2) is 4.69. The molecule has 0 saturated heterocycles. The molecule has 0 fully saturated rings. The van der Waals surface area contributed by atoms with Gasteiger partial charge in [-0.3, -0.25) is 0 Å². The Kier molecular flexibility index (Phi) is 3.09. The molecule has 1 heterocycles. The van der Waals surface area contributed by atoms with Gasteiger partial charge in [0.1, 0.15) is 5.76 Å². The minimum Gasteiger partial charge on any atom is -0.478 e. The number of hydrogen-bond donors (Lipinski definition) is 2. The second-order valence-corrected chi connectivity index (χ2v) is 3.60. The van der Waals surface area contributed by atoms with E-state index in [4.69, 9.17) is 9.52 Å². The second-order valence-electron chi connectivity index (χ2n) is 3.60. The molecule has 0 radical (unpaired) electrons. The van der Waals surface area contributed by atoms with Crippen molar-refractivity contribution in [1.29, 1.82) is 0 Å². The zero-order valence-corrected chi connectivity index (χ0v) is 9.30. The van der Waals surface area contributed by atoms with Crippen LogP contribution >= 0.6 is 0 Å². The predicted molar refractivity (Wildman–Crippen MR) is 62.0 cm³/mol. The average molecular weight is 232 g/mol. The highest BCUT2D eigenvalue weighted by Crippen LogP contribution is 2.19. The van der Waals surface area contributed by atoms with E-state index in [1.54, 1.807) is 25.3 Å². The van der Waals surface area contributed by atoms with E-state index in [9.17, 15) is 4.79 Å². The van der Waals surface area contributed by atoms with Crippen LogP contribution in [-0.2, 0) is 6.54 Å². The first kappa shape index (κ1) is 11.2. The molecular formula is C12H12N2O3. The molecule has 2 N–H and O–H groups in total. The minimum absolute atomic E-state index is 0.299. The Morgan fingerprint density at radius 3 is 3.00 bits per heavy atom. The number of carboxylic acid groups (broad SMARTS) is 1. The van der Waals surface area contributed by atoms with Gasteiger partial charge in [-0.15, -0.1) is 0 Å². The number of nitrogens with one attached hydrogen (secondary N) is 1. The lowest BCUT2D eigenvalue weighted by molar-refractivity contribution is 0.0696. The van der Waals surface area contributed by atoms with E-state index >= 15 is 0 Å². The number of carboxylic acids is 1. The molecule has 88 valence electrons. The van der Waals surface area contributed by atoms with Crippen molar-refractivity contribution < 1.29 is 14.3 Å². The summed E-state index contributed by atoms with van der Waals surface area (Å²) in [6.07, 6.45) is 2.97. The van der Waals surface area contributed by atoms with Crippen molar-refractivity contribution in [1.82, 2.24) is 4.98 Å². The molecule has 5 heteroatoms. The van der Waals surface area contributed by atoms with Gasteiger partial charge in [0.25, 0.3) is 0 Å². The standard InChI is InChI=1S/C12H12N2O3/c1-8-10(12(15)16)3-2-4-11(8)14-6-9-5-13-7-17-9/h2-5,7,14H,6H2,1H3,(H,15,16). The van der Waals surface area contributed by atoms with Crippen LogP contribution in [0.5, 0.6) is 0 Å². The van der Waals surface area contributed by atoms with E-state index in [1.807, 2.05) is 6.07 Å². The van der Waals surface area contributed by atoms with Crippen molar-refractivity contribution in [2.45, 2.75) is 13.5 Å². The topological polar surface area (TPSA) is 75.4 Å². The SMILES string of the molecule is Cc1c(NCc2cnco2)cccc1C(=O)O. The van der Waals surface area contributed by atoms with Crippen LogP contribution in [0.15, 0.2) is 35.2 Å². The Bertz CT molecular complexity index is 521. The molecule has 0 bridgehead atoms. The number of aromatic nitrogens is 1. The van der Waals surface area contributed by atoms with Crippen molar-refractivity contribution >= 4 is 11.7 Å². The van der Waals surface area contributed by atoms with Gasteiger partial charge in [0.05, 0.1) is 18.3 Å². The smallest absolute Gasteiger partial charge is 0.336 e. The lowest BCUT2D eigenvalue weighted by Crippen LogP contribution is -2.05. The molecule has 5 nitrogen and oxygen atoms in total. The molecule has 2 rings (SSSR count). The predicted octanol–water partition coefficient (Wildman–Crippen LogP) is 2.29. The zero-order chi connectivity index (χ0) is 12.3. The minimum atomic E-state index is -0.925. The fourth-order valence-corrected chi connectivity index (χ4v) is 1.57. The quantitative estimate of drug-likeness (QED) is 0.845. The highest BCUT2D eigenvalue weighted by molar-refractivity contribution is 5.91. The van der Waals surface area contributed by atoms with E-state index in [0.29, 0.717) is 23.4 Å². The molecule has 0 aliphatic heterocycles. The van der Waals surface area contributed by atoms with Gasteiger partial charge in [-0.2, -0.15) is 0 Å². The van der Waals surface area contributed by atoms with Crippen molar-refractivity contribution in [2.24, 2.45) is 0 Å². The number of rotatable bonds is 4. The molecule has 0 amide bonds. The molecule has 0 atom stereocenters. The van der Waals surface area contributed by atoms with E-state index in [0.717, 1.165) is 5.69 Å². The van der Waals surface area contributed by atoms with Gasteiger partial charge >= 0.3 is 5.97 Å². The highest BCUT2D eigenvalue weighted by Gasteiger charge is 2.09. The summed E-state index contributed by atoms with van der Waals surface area (Å²) in [5.74, 6) is -0.226. The molecule has 1 aromatic carbocycles. The number of benzene rings is 1. The summed E-state index contributed by atoms with van der Waals surface area (Å²) >= 11 is 0. The van der Waals surface area contributed by atoms with E-state index in [2.05, 4.69) is 10.3 Å². The van der Waals surface area contributed by atoms with Crippen LogP contribution in [0.1, 0.15) is 21.7 Å². The molecule has 0 unspecified atom stereocenters. The normalized spacial score (nSPS) is 10.2. The number of aromatic carboxylic acids is 1. The summed E-state index contributed by atoms with van der Waals surface area (Å²) in [7, 11) is 0. The molecule has 2 aromatic rings. The van der Waals surface area contributed by atoms with Gasteiger partial charge in [-0.1, -0.05) is 6.07 Å². The van der Waals surface area contributed by atoms with Crippen LogP contribution in [0.4, 0.5) is 5.69 Å². The molecule has 0 spiro atoms. The lowest BCUT2D eigenvalue weighted by atomic mass is 10.1. The highest BCUT2D eigenvalue weighted by atomic mass is 16.4. The Morgan fingerprint density at radius 1 is 1.53 bits per heavy atom. The summed E-state index contributed by atoms with van der Waals surface area (Å²) in [6, 6.07) is 5.12. The largest absolute Gasteiger partial charge is 0.478 e. The summed E-state index contributed by atoms with van der Waals surface area (Å²) in [6.45, 7) is 2.25. The molecule has 0 aliphatic rings. The van der Waals surface area contributed by atoms with Crippen molar-refractivity contribution in [3.05, 3.63) is 47.7 Å². The molecule has 17 heavy (non-hydrogen) atoms. The summed E-state index contributed by atoms with van der Waals surface area (Å²) in [4.78, 5) is 14.8. The van der Waals surface area contributed by atoms with E-state index in [1.165, 1.54) is 6.39 Å². The summed E-state index contributed by atoms with van der Waals surface area (Å²) in [5, 5.41) is 12.1. The summed E-state index contributed by atoms with van der Waals surface area (Å²) in [5.41, 5.74) is 1.79. The zero-order valence-electron chi connectivity index (χ0n) is 9.30. The third-order valence-corrected chi connectivity index (χ3v) is 2.50. The number of oxazole rings is 1. The van der Waals surface area contributed by atoms with Crippen LogP contribution in [-0.4, -0.2) is 16.1 Å². The first-order valence-electron chi connectivity index (χ1n) is 5.12. The van der Waals surface area contributed by atoms with Gasteiger partial charge in [0.15, 0.2) is 6.39 Å². The van der Waals surface area contributed by atoms with Crippen LogP contribution in [0.2, 0.25) is 0 Å². The van der Waals surface area contributed by atoms with Gasteiger partial charge in [-0.05, 0) is 24.6 Å². The fraction of sp³-hybridized carbons (Fsp3) is 0.167. The molecule has 0 saturated carbocycles. The van der Waals surface area contributed by atoms with Gasteiger partial charge in [0, 0.05) is 5.69 Å². The Balaban J connectivity index is 2.16.